The summed E-state index contributed by atoms with van der Waals surface area (Å²) in [4.78, 5) is 29.3. The van der Waals surface area contributed by atoms with Gasteiger partial charge >= 0.3 is 23.5 Å². The van der Waals surface area contributed by atoms with Gasteiger partial charge in [0.25, 0.3) is 16.6 Å². The van der Waals surface area contributed by atoms with Gasteiger partial charge in [-0.1, -0.05) is 177 Å². The number of rotatable bonds is 13. The topological polar surface area (TPSA) is 117 Å². The number of carbonyl (C=O) groups excluding carboxylic acids is 2. The molecule has 0 spiro atoms. The van der Waals surface area contributed by atoms with Gasteiger partial charge < -0.3 is 42.0 Å². The van der Waals surface area contributed by atoms with Crippen LogP contribution in [-0.2, 0) is 25.8 Å². The molecule has 3 unspecified atom stereocenters. The second-order valence-electron chi connectivity index (χ2n) is 23.0. The Kier molecular flexibility index (Phi) is 13.9. The monoisotopic (exact) mass is 1030 g/mol. The molecule has 1 saturated heterocycles. The highest BCUT2D eigenvalue weighted by Crippen LogP contribution is 2.56. The number of hydrogen-bond acceptors (Lipinski definition) is 11. The van der Waals surface area contributed by atoms with E-state index in [2.05, 4.69) is 74.7 Å². The fourth-order valence-corrected chi connectivity index (χ4v) is 11.1. The van der Waals surface area contributed by atoms with Crippen LogP contribution in [0.2, 0.25) is 36.3 Å². The molecule has 9 rings (SSSR count). The van der Waals surface area contributed by atoms with Crippen molar-refractivity contribution in [3.63, 3.8) is 0 Å². The molecule has 74 heavy (non-hydrogen) atoms. The van der Waals surface area contributed by atoms with Crippen molar-refractivity contribution < 1.29 is 51.6 Å². The molecule has 6 aromatic carbocycles. The first-order valence-electron chi connectivity index (χ1n) is 25.7. The van der Waals surface area contributed by atoms with Gasteiger partial charge in [-0.15, -0.1) is 0 Å². The summed E-state index contributed by atoms with van der Waals surface area (Å²) >= 11 is 0. The highest BCUT2D eigenvalue weighted by molar-refractivity contribution is 6.75. The van der Waals surface area contributed by atoms with E-state index in [9.17, 15) is 9.59 Å². The van der Waals surface area contributed by atoms with E-state index in [0.29, 0.717) is 34.5 Å². The largest absolute Gasteiger partial charge is 0.541 e. The van der Waals surface area contributed by atoms with Crippen LogP contribution in [0, 0.1) is 11.8 Å². The Morgan fingerprint density at radius 3 is 1.24 bits per heavy atom. The molecule has 3 aliphatic rings. The van der Waals surface area contributed by atoms with Crippen LogP contribution in [0.1, 0.15) is 105 Å². The number of fused-ring (bicyclic) bond motifs is 2. The molecular weight excluding hydrogens is 965 g/mol. The Morgan fingerprint density at radius 1 is 0.514 bits per heavy atom. The third-order valence-electron chi connectivity index (χ3n) is 15.9. The maximum atomic E-state index is 14.8. The van der Waals surface area contributed by atoms with Crippen LogP contribution in [0.5, 0.6) is 34.5 Å². The number of benzene rings is 6. The number of hydrogen-bond donors (Lipinski definition) is 0. The molecule has 0 aliphatic carbocycles. The van der Waals surface area contributed by atoms with Gasteiger partial charge in [0.05, 0.1) is 17.2 Å². The zero-order chi connectivity index (χ0) is 53.0. The molecule has 5 atom stereocenters. The van der Waals surface area contributed by atoms with E-state index >= 15 is 0 Å². The van der Waals surface area contributed by atoms with Crippen LogP contribution in [0.25, 0.3) is 0 Å². The predicted octanol–water partition coefficient (Wildman–Crippen LogP) is 14.2. The zero-order valence-corrected chi connectivity index (χ0v) is 46.9. The van der Waals surface area contributed by atoms with E-state index < -0.39 is 52.4 Å². The molecule has 0 N–H and O–H groups in total. The summed E-state index contributed by atoms with van der Waals surface area (Å²) in [6, 6.07) is 45.6. The fourth-order valence-electron chi connectivity index (χ4n) is 9.12. The third-order valence-corrected chi connectivity index (χ3v) is 24.6. The predicted molar refractivity (Wildman–Crippen MR) is 291 cm³/mol. The van der Waals surface area contributed by atoms with Crippen molar-refractivity contribution in [3.05, 3.63) is 179 Å². The van der Waals surface area contributed by atoms with Crippen LogP contribution < -0.4 is 27.8 Å². The summed E-state index contributed by atoms with van der Waals surface area (Å²) in [5.41, 5.74) is 3.49. The maximum absolute atomic E-state index is 14.8. The van der Waals surface area contributed by atoms with Crippen LogP contribution >= 0.6 is 0 Å². The average molecular weight is 1040 g/mol. The summed E-state index contributed by atoms with van der Waals surface area (Å²) in [6.45, 7) is 27.4. The van der Waals surface area contributed by atoms with Gasteiger partial charge in [0, 0.05) is 28.2 Å². The van der Waals surface area contributed by atoms with Crippen molar-refractivity contribution in [2.75, 3.05) is 6.61 Å². The van der Waals surface area contributed by atoms with Crippen molar-refractivity contribution in [3.8, 4) is 34.5 Å². The maximum Gasteiger partial charge on any atom is 0.338 e. The van der Waals surface area contributed by atoms with Crippen molar-refractivity contribution >= 4 is 28.6 Å². The van der Waals surface area contributed by atoms with Gasteiger partial charge in [0.2, 0.25) is 11.5 Å². The summed E-state index contributed by atoms with van der Waals surface area (Å²) < 4.78 is 60.9. The van der Waals surface area contributed by atoms with E-state index in [1.54, 1.807) is 24.3 Å². The van der Waals surface area contributed by atoms with Crippen molar-refractivity contribution in [2.24, 2.45) is 11.8 Å². The fraction of sp³-hybridized carbons (Fsp3) is 0.377. The lowest BCUT2D eigenvalue weighted by Gasteiger charge is -2.43. The molecule has 6 aromatic rings. The van der Waals surface area contributed by atoms with Crippen LogP contribution in [0.15, 0.2) is 146 Å². The first-order chi connectivity index (χ1) is 34.9. The first-order valence-corrected chi connectivity index (χ1v) is 31.5. The Balaban J connectivity index is 1.02. The van der Waals surface area contributed by atoms with Crippen molar-refractivity contribution in [1.82, 2.24) is 0 Å². The number of carbonyl (C=O) groups is 2. The van der Waals surface area contributed by atoms with E-state index in [0.717, 1.165) is 22.3 Å². The third kappa shape index (κ3) is 9.81. The van der Waals surface area contributed by atoms with Gasteiger partial charge in [0.15, 0.2) is 23.0 Å². The van der Waals surface area contributed by atoms with Gasteiger partial charge in [-0.3, -0.25) is 0 Å². The molecule has 0 radical (unpaired) electrons. The van der Waals surface area contributed by atoms with Gasteiger partial charge in [0.1, 0.15) is 18.8 Å². The van der Waals surface area contributed by atoms with Crippen molar-refractivity contribution in [1.29, 1.82) is 0 Å². The Hall–Kier alpha value is -6.55. The molecule has 0 amide bonds. The Labute approximate surface area is 438 Å². The SMILES string of the molecule is CC1OC(COC(=O)c2cc3c(c(O[Si](C)(C)C(C)(C)C)c2)OC(c2ccccc2)(c2ccccc2)O3)C(OC(=O)c2cc3c(c(O[Si](C)(C)C(C)(C)C)c2)OC(c2ccccc2)(c2ccccc2)O3)[C@H](C)[C@@H]1C. The zero-order valence-electron chi connectivity index (χ0n) is 44.9. The number of ether oxygens (including phenoxy) is 7. The normalized spacial score (nSPS) is 20.9. The molecule has 0 saturated carbocycles. The highest BCUT2D eigenvalue weighted by Gasteiger charge is 2.51. The lowest BCUT2D eigenvalue weighted by Crippen LogP contribution is -2.52. The second kappa shape index (κ2) is 19.6. The average Bonchev–Trinajstić information content (AvgIpc) is 3.98. The molecule has 1 fully saturated rings. The Bertz CT molecular complexity index is 2910. The van der Waals surface area contributed by atoms with E-state index in [1.165, 1.54) is 0 Å². The van der Waals surface area contributed by atoms with Crippen LogP contribution in [0.4, 0.5) is 0 Å². The summed E-state index contributed by atoms with van der Waals surface area (Å²) in [5, 5.41) is -0.372. The smallest absolute Gasteiger partial charge is 0.338 e. The minimum atomic E-state index is -2.53. The van der Waals surface area contributed by atoms with E-state index in [1.807, 2.05) is 135 Å². The van der Waals surface area contributed by atoms with Gasteiger partial charge in [-0.2, -0.15) is 0 Å². The summed E-state index contributed by atoms with van der Waals surface area (Å²) in [5.74, 6) is -1.94. The van der Waals surface area contributed by atoms with Crippen LogP contribution in [0.3, 0.4) is 0 Å². The second-order valence-corrected chi connectivity index (χ2v) is 32.4. The lowest BCUT2D eigenvalue weighted by atomic mass is 9.82. The molecular formula is C61H70O11Si2. The standard InChI is InChI=1S/C61H70O11Si2/c1-39-40(2)53(66-57(63)43-35-49-55(51(37-43)72-74(12,13)59(7,8)9)70-61(68-49,46-30-22-16-23-31-46)47-32-24-17-25-33-47)52(65-41(39)3)38-64-56(62)42-34-48-54(50(36-42)71-73(10,11)58(4,5)6)69-60(67-48,44-26-18-14-19-27-44)45-28-20-15-21-29-45/h14-37,39-41,52-53H,38H2,1-13H3/t39-,40+,41?,52?,53?/m0/s1. The highest BCUT2D eigenvalue weighted by atomic mass is 28.4. The molecule has 13 heteroatoms. The van der Waals surface area contributed by atoms with Crippen molar-refractivity contribution in [2.45, 2.75) is 128 Å². The molecule has 388 valence electrons. The minimum absolute atomic E-state index is 0.00949. The van der Waals surface area contributed by atoms with Gasteiger partial charge in [-0.05, 0) is 73.4 Å². The molecule has 3 aliphatic heterocycles. The first kappa shape index (κ1) is 52.3. The molecule has 3 heterocycles. The molecule has 11 nitrogen and oxygen atoms in total. The lowest BCUT2D eigenvalue weighted by molar-refractivity contribution is -0.176. The minimum Gasteiger partial charge on any atom is -0.541 e. The van der Waals surface area contributed by atoms with E-state index in [4.69, 9.17) is 42.0 Å². The summed E-state index contributed by atoms with van der Waals surface area (Å²) in [7, 11) is -5.04. The number of esters is 2. The molecule has 0 aromatic heterocycles. The molecule has 0 bridgehead atoms. The van der Waals surface area contributed by atoms with E-state index in [-0.39, 0.29) is 45.8 Å². The quantitative estimate of drug-likeness (QED) is 0.0813. The summed E-state index contributed by atoms with van der Waals surface area (Å²) in [6.07, 6.45) is -1.86. The Morgan fingerprint density at radius 2 is 0.878 bits per heavy atom. The van der Waals surface area contributed by atoms with Crippen LogP contribution in [-0.4, -0.2) is 53.5 Å². The van der Waals surface area contributed by atoms with Gasteiger partial charge in [-0.25, -0.2) is 9.59 Å².